The lowest BCUT2D eigenvalue weighted by Crippen LogP contribution is -2.23. The molecule has 0 aliphatic heterocycles. The van der Waals surface area contributed by atoms with Crippen molar-refractivity contribution in [2.75, 3.05) is 6.61 Å². The highest BCUT2D eigenvalue weighted by Crippen LogP contribution is 2.24. The maximum atomic E-state index is 12.1. The minimum absolute atomic E-state index is 0.0756. The van der Waals surface area contributed by atoms with Crippen LogP contribution in [0.15, 0.2) is 22.7 Å². The number of carbonyl (C=O) groups excluding carboxylic acids is 1. The minimum Gasteiger partial charge on any atom is -0.371 e. The Morgan fingerprint density at radius 2 is 2.09 bits per heavy atom. The summed E-state index contributed by atoms with van der Waals surface area (Å²) in [4.78, 5) is 16.3. The lowest BCUT2D eigenvalue weighted by atomic mass is 10.2. The molecule has 8 heteroatoms. The van der Waals surface area contributed by atoms with E-state index in [4.69, 9.17) is 32.5 Å². The molecule has 1 N–H and O–H groups in total. The molecule has 22 heavy (non-hydrogen) atoms. The van der Waals surface area contributed by atoms with Crippen molar-refractivity contribution in [3.05, 3.63) is 45.5 Å². The third-order valence-corrected chi connectivity index (χ3v) is 3.48. The maximum absolute atomic E-state index is 12.1. The summed E-state index contributed by atoms with van der Waals surface area (Å²) >= 11 is 11.9. The Kier molecular flexibility index (Phi) is 5.76. The van der Waals surface area contributed by atoms with E-state index < -0.39 is 5.91 Å². The van der Waals surface area contributed by atoms with Crippen LogP contribution in [0.5, 0.6) is 0 Å². The van der Waals surface area contributed by atoms with E-state index in [1.54, 1.807) is 18.2 Å². The van der Waals surface area contributed by atoms with Crippen molar-refractivity contribution >= 4 is 29.1 Å². The molecule has 0 radical (unpaired) electrons. The molecule has 0 spiro atoms. The standard InChI is InChI=1S/C14H15Cl2N3O3/c1-3-21-8(2)13-18-11(22-19-13)7-17-14(20)12-9(15)5-4-6-10(12)16/h4-6,8H,3,7H2,1-2H3,(H,17,20)/t8-/m0/s1. The lowest BCUT2D eigenvalue weighted by Gasteiger charge is -2.06. The predicted octanol–water partition coefficient (Wildman–Crippen LogP) is 3.40. The molecule has 0 saturated heterocycles. The summed E-state index contributed by atoms with van der Waals surface area (Å²) in [7, 11) is 0. The molecule has 0 aliphatic carbocycles. The number of carbonyl (C=O) groups is 1. The van der Waals surface area contributed by atoms with Crippen LogP contribution >= 0.6 is 23.2 Å². The lowest BCUT2D eigenvalue weighted by molar-refractivity contribution is 0.0683. The molecule has 0 saturated carbocycles. The third-order valence-electron chi connectivity index (χ3n) is 2.85. The highest BCUT2D eigenvalue weighted by Gasteiger charge is 2.17. The normalized spacial score (nSPS) is 12.2. The van der Waals surface area contributed by atoms with Gasteiger partial charge in [0.2, 0.25) is 5.89 Å². The average molecular weight is 344 g/mol. The molecule has 6 nitrogen and oxygen atoms in total. The van der Waals surface area contributed by atoms with E-state index in [2.05, 4.69) is 15.5 Å². The molecular formula is C14H15Cl2N3O3. The van der Waals surface area contributed by atoms with E-state index in [1.807, 2.05) is 13.8 Å². The Bertz CT molecular complexity index is 640. The molecule has 0 unspecified atom stereocenters. The maximum Gasteiger partial charge on any atom is 0.254 e. The second-order valence-corrected chi connectivity index (χ2v) is 5.24. The first-order valence-electron chi connectivity index (χ1n) is 6.69. The summed E-state index contributed by atoms with van der Waals surface area (Å²) in [5.74, 6) is 0.299. The van der Waals surface area contributed by atoms with Crippen molar-refractivity contribution in [1.29, 1.82) is 0 Å². The number of ether oxygens (including phenoxy) is 1. The van der Waals surface area contributed by atoms with Crippen LogP contribution < -0.4 is 5.32 Å². The average Bonchev–Trinajstić information content (AvgIpc) is 2.94. The molecule has 1 aromatic heterocycles. The topological polar surface area (TPSA) is 77.3 Å². The van der Waals surface area contributed by atoms with Gasteiger partial charge in [-0.1, -0.05) is 34.4 Å². The van der Waals surface area contributed by atoms with Crippen molar-refractivity contribution in [3.8, 4) is 0 Å². The summed E-state index contributed by atoms with van der Waals surface area (Å²) in [6, 6.07) is 4.86. The van der Waals surface area contributed by atoms with E-state index in [0.29, 0.717) is 12.4 Å². The number of halogens is 2. The van der Waals surface area contributed by atoms with Gasteiger partial charge < -0.3 is 14.6 Å². The summed E-state index contributed by atoms with van der Waals surface area (Å²) < 4.78 is 10.4. The number of amides is 1. The molecule has 1 atom stereocenters. The fourth-order valence-electron chi connectivity index (χ4n) is 1.79. The van der Waals surface area contributed by atoms with Crippen LogP contribution in [0.25, 0.3) is 0 Å². The first-order valence-corrected chi connectivity index (χ1v) is 7.44. The van der Waals surface area contributed by atoms with Crippen molar-refractivity contribution < 1.29 is 14.1 Å². The van der Waals surface area contributed by atoms with Gasteiger partial charge >= 0.3 is 0 Å². The van der Waals surface area contributed by atoms with Crippen molar-refractivity contribution in [1.82, 2.24) is 15.5 Å². The van der Waals surface area contributed by atoms with Gasteiger partial charge in [-0.05, 0) is 26.0 Å². The van der Waals surface area contributed by atoms with Crippen LogP contribution in [0.1, 0.15) is 42.0 Å². The Balaban J connectivity index is 2.00. The van der Waals surface area contributed by atoms with E-state index in [0.717, 1.165) is 0 Å². The van der Waals surface area contributed by atoms with Crippen LogP contribution in [0.2, 0.25) is 10.0 Å². The molecule has 0 aliphatic rings. The number of nitrogens with one attached hydrogen (secondary N) is 1. The third kappa shape index (κ3) is 3.97. The predicted molar refractivity (Wildman–Crippen MR) is 82.0 cm³/mol. The van der Waals surface area contributed by atoms with Crippen LogP contribution in [0, 0.1) is 0 Å². The van der Waals surface area contributed by atoms with Crippen molar-refractivity contribution in [2.45, 2.75) is 26.5 Å². The largest absolute Gasteiger partial charge is 0.371 e. The number of nitrogens with zero attached hydrogens (tertiary/aromatic N) is 2. The van der Waals surface area contributed by atoms with E-state index in [9.17, 15) is 4.79 Å². The molecule has 1 aromatic carbocycles. The van der Waals surface area contributed by atoms with Crippen LogP contribution in [0.4, 0.5) is 0 Å². The second-order valence-electron chi connectivity index (χ2n) is 4.42. The van der Waals surface area contributed by atoms with Gasteiger partial charge in [-0.3, -0.25) is 4.79 Å². The van der Waals surface area contributed by atoms with E-state index >= 15 is 0 Å². The fraction of sp³-hybridized carbons (Fsp3) is 0.357. The molecular weight excluding hydrogens is 329 g/mol. The highest BCUT2D eigenvalue weighted by molar-refractivity contribution is 6.39. The second kappa shape index (κ2) is 7.58. The minimum atomic E-state index is -0.409. The summed E-state index contributed by atoms with van der Waals surface area (Å²) in [5, 5.41) is 7.00. The van der Waals surface area contributed by atoms with Gasteiger partial charge in [0.15, 0.2) is 5.82 Å². The molecule has 2 aromatic rings. The van der Waals surface area contributed by atoms with Gasteiger partial charge in [-0.15, -0.1) is 0 Å². The van der Waals surface area contributed by atoms with Gasteiger partial charge in [0, 0.05) is 6.61 Å². The van der Waals surface area contributed by atoms with E-state index in [-0.39, 0.29) is 34.1 Å². The van der Waals surface area contributed by atoms with Crippen molar-refractivity contribution in [2.24, 2.45) is 0 Å². The van der Waals surface area contributed by atoms with Gasteiger partial charge in [0.1, 0.15) is 6.10 Å². The zero-order valence-electron chi connectivity index (χ0n) is 12.1. The molecule has 0 fully saturated rings. The smallest absolute Gasteiger partial charge is 0.254 e. The van der Waals surface area contributed by atoms with Gasteiger partial charge in [-0.2, -0.15) is 4.98 Å². The van der Waals surface area contributed by atoms with Gasteiger partial charge in [0.05, 0.1) is 22.2 Å². The number of hydrogen-bond acceptors (Lipinski definition) is 5. The first-order chi connectivity index (χ1) is 10.5. The number of benzene rings is 1. The van der Waals surface area contributed by atoms with Gasteiger partial charge in [0.25, 0.3) is 5.91 Å². The molecule has 2 rings (SSSR count). The number of hydrogen-bond donors (Lipinski definition) is 1. The first kappa shape index (κ1) is 16.7. The fourth-order valence-corrected chi connectivity index (χ4v) is 2.36. The number of aromatic nitrogens is 2. The quantitative estimate of drug-likeness (QED) is 0.869. The Labute approximate surface area is 137 Å². The van der Waals surface area contributed by atoms with Crippen LogP contribution in [-0.2, 0) is 11.3 Å². The van der Waals surface area contributed by atoms with Crippen LogP contribution in [-0.4, -0.2) is 22.7 Å². The monoisotopic (exact) mass is 343 g/mol. The molecule has 0 bridgehead atoms. The van der Waals surface area contributed by atoms with Gasteiger partial charge in [-0.25, -0.2) is 0 Å². The molecule has 118 valence electrons. The number of rotatable bonds is 6. The van der Waals surface area contributed by atoms with E-state index in [1.165, 1.54) is 0 Å². The zero-order valence-corrected chi connectivity index (χ0v) is 13.6. The SMILES string of the molecule is CCO[C@@H](C)c1noc(CNC(=O)c2c(Cl)cccc2Cl)n1. The summed E-state index contributed by atoms with van der Waals surface area (Å²) in [6.45, 7) is 4.32. The molecule has 1 heterocycles. The van der Waals surface area contributed by atoms with Crippen molar-refractivity contribution in [3.63, 3.8) is 0 Å². The van der Waals surface area contributed by atoms with Crippen LogP contribution in [0.3, 0.4) is 0 Å². The molecule has 1 amide bonds. The highest BCUT2D eigenvalue weighted by atomic mass is 35.5. The summed E-state index contributed by atoms with van der Waals surface area (Å²) in [6.07, 6.45) is -0.267. The Morgan fingerprint density at radius 1 is 1.41 bits per heavy atom. The Hall–Kier alpha value is -1.63. The Morgan fingerprint density at radius 3 is 2.73 bits per heavy atom. The zero-order chi connectivity index (χ0) is 16.1. The summed E-state index contributed by atoms with van der Waals surface area (Å²) in [5.41, 5.74) is 0.216.